The molecule has 0 radical (unpaired) electrons. The van der Waals surface area contributed by atoms with E-state index >= 15 is 0 Å². The Morgan fingerprint density at radius 1 is 1.43 bits per heavy atom. The first-order chi connectivity index (χ1) is 9.99. The van der Waals surface area contributed by atoms with Gasteiger partial charge in [0.2, 0.25) is 0 Å². The molecule has 1 aliphatic carbocycles. The number of carbonyl (C=O) groups is 1. The van der Waals surface area contributed by atoms with Crippen LogP contribution in [0.15, 0.2) is 24.3 Å². The van der Waals surface area contributed by atoms with E-state index in [0.717, 1.165) is 19.4 Å². The molecule has 0 aliphatic heterocycles. The molecule has 0 unspecified atom stereocenters. The average Bonchev–Trinajstić information content (AvgIpc) is 3.26. The van der Waals surface area contributed by atoms with Crippen LogP contribution in [0.3, 0.4) is 0 Å². The van der Waals surface area contributed by atoms with Crippen LogP contribution >= 0.6 is 12.2 Å². The molecular weight excluding hydrogens is 284 g/mol. The van der Waals surface area contributed by atoms with Gasteiger partial charge in [0.15, 0.2) is 6.61 Å². The first kappa shape index (κ1) is 15.8. The van der Waals surface area contributed by atoms with Crippen LogP contribution in [0.25, 0.3) is 0 Å². The van der Waals surface area contributed by atoms with Crippen LogP contribution in [-0.2, 0) is 4.79 Å². The van der Waals surface area contributed by atoms with Crippen LogP contribution in [0.5, 0.6) is 5.75 Å². The third-order valence-corrected chi connectivity index (χ3v) is 3.59. The normalized spacial score (nSPS) is 14.0. The summed E-state index contributed by atoms with van der Waals surface area (Å²) in [6, 6.07) is 7.67. The minimum Gasteiger partial charge on any atom is -0.483 e. The van der Waals surface area contributed by atoms with Gasteiger partial charge < -0.3 is 15.4 Å². The fourth-order valence-electron chi connectivity index (χ4n) is 2.25. The Balaban J connectivity index is 1.98. The zero-order chi connectivity index (χ0) is 15.4. The van der Waals surface area contributed by atoms with Crippen molar-refractivity contribution in [3.8, 4) is 5.75 Å². The Kier molecular flexibility index (Phi) is 5.17. The van der Waals surface area contributed by atoms with Crippen molar-refractivity contribution in [3.05, 3.63) is 29.8 Å². The van der Waals surface area contributed by atoms with E-state index in [4.69, 9.17) is 22.7 Å². The molecule has 0 saturated heterocycles. The van der Waals surface area contributed by atoms with Crippen LogP contribution in [0.1, 0.15) is 32.3 Å². The molecule has 1 saturated carbocycles. The predicted octanol–water partition coefficient (Wildman–Crippen LogP) is 2.35. The third-order valence-electron chi connectivity index (χ3n) is 3.37. The largest absolute Gasteiger partial charge is 0.483 e. The number of nitrogens with zero attached hydrogens (tertiary/aromatic N) is 1. The highest BCUT2D eigenvalue weighted by Gasteiger charge is 2.32. The zero-order valence-electron chi connectivity index (χ0n) is 12.5. The summed E-state index contributed by atoms with van der Waals surface area (Å²) in [5.41, 5.74) is 6.33. The molecule has 0 spiro atoms. The molecule has 5 heteroatoms. The van der Waals surface area contributed by atoms with Gasteiger partial charge in [0.05, 0.1) is 5.56 Å². The van der Waals surface area contributed by atoms with Crippen molar-refractivity contribution in [1.82, 2.24) is 4.90 Å². The molecular formula is C16H22N2O2S. The van der Waals surface area contributed by atoms with E-state index < -0.39 is 0 Å². The second-order valence-electron chi connectivity index (χ2n) is 5.82. The molecule has 21 heavy (non-hydrogen) atoms. The van der Waals surface area contributed by atoms with Crippen molar-refractivity contribution >= 4 is 23.1 Å². The minimum atomic E-state index is 0.0306. The molecule has 0 heterocycles. The second-order valence-corrected chi connectivity index (χ2v) is 6.26. The van der Waals surface area contributed by atoms with E-state index in [2.05, 4.69) is 13.8 Å². The lowest BCUT2D eigenvalue weighted by Gasteiger charge is -2.24. The van der Waals surface area contributed by atoms with Crippen LogP contribution in [0.4, 0.5) is 0 Å². The van der Waals surface area contributed by atoms with E-state index in [1.54, 1.807) is 12.1 Å². The van der Waals surface area contributed by atoms with Crippen LogP contribution < -0.4 is 10.5 Å². The number of amides is 1. The maximum Gasteiger partial charge on any atom is 0.260 e. The van der Waals surface area contributed by atoms with Gasteiger partial charge in [-0.05, 0) is 30.9 Å². The van der Waals surface area contributed by atoms with Gasteiger partial charge in [-0.3, -0.25) is 4.79 Å². The van der Waals surface area contributed by atoms with Crippen LogP contribution in [0.2, 0.25) is 0 Å². The smallest absolute Gasteiger partial charge is 0.260 e. The molecule has 1 aromatic carbocycles. The SMILES string of the molecule is CC(C)CN(C(=O)COc1ccccc1C(N)=S)C1CC1. The molecule has 0 aromatic heterocycles. The Morgan fingerprint density at radius 3 is 2.67 bits per heavy atom. The molecule has 1 amide bonds. The highest BCUT2D eigenvalue weighted by atomic mass is 32.1. The van der Waals surface area contributed by atoms with Gasteiger partial charge in [-0.15, -0.1) is 0 Å². The third kappa shape index (κ3) is 4.43. The van der Waals surface area contributed by atoms with Gasteiger partial charge in [0.1, 0.15) is 10.7 Å². The second kappa shape index (κ2) is 6.89. The quantitative estimate of drug-likeness (QED) is 0.786. The highest BCUT2D eigenvalue weighted by molar-refractivity contribution is 7.80. The zero-order valence-corrected chi connectivity index (χ0v) is 13.4. The maximum absolute atomic E-state index is 12.4. The van der Waals surface area contributed by atoms with Crippen molar-refractivity contribution in [1.29, 1.82) is 0 Å². The van der Waals surface area contributed by atoms with E-state index in [0.29, 0.717) is 23.3 Å². The van der Waals surface area contributed by atoms with Crippen LogP contribution in [-0.4, -0.2) is 35.0 Å². The van der Waals surface area contributed by atoms with Crippen molar-refractivity contribution < 1.29 is 9.53 Å². The molecule has 1 aromatic rings. The van der Waals surface area contributed by atoms with E-state index in [1.165, 1.54) is 0 Å². The van der Waals surface area contributed by atoms with Crippen molar-refractivity contribution in [2.24, 2.45) is 11.7 Å². The van der Waals surface area contributed by atoms with Crippen molar-refractivity contribution in [2.45, 2.75) is 32.7 Å². The van der Waals surface area contributed by atoms with Gasteiger partial charge in [-0.2, -0.15) is 0 Å². The van der Waals surface area contributed by atoms with Gasteiger partial charge in [0.25, 0.3) is 5.91 Å². The first-order valence-corrected chi connectivity index (χ1v) is 7.71. The Morgan fingerprint density at radius 2 is 2.10 bits per heavy atom. The summed E-state index contributed by atoms with van der Waals surface area (Å²) in [7, 11) is 0. The summed E-state index contributed by atoms with van der Waals surface area (Å²) in [5.74, 6) is 1.06. The lowest BCUT2D eigenvalue weighted by Crippen LogP contribution is -2.39. The number of ether oxygens (including phenoxy) is 1. The summed E-state index contributed by atoms with van der Waals surface area (Å²) in [5, 5.41) is 0. The number of para-hydroxylation sites is 1. The lowest BCUT2D eigenvalue weighted by molar-refractivity contribution is -0.134. The Bertz CT molecular complexity index is 527. The summed E-state index contributed by atoms with van der Waals surface area (Å²) in [4.78, 5) is 14.6. The van der Waals surface area contributed by atoms with Gasteiger partial charge in [0, 0.05) is 12.6 Å². The molecule has 2 rings (SSSR count). The number of carbonyl (C=O) groups excluding carboxylic acids is 1. The standard InChI is InChI=1S/C16H22N2O2S/c1-11(2)9-18(12-7-8-12)15(19)10-20-14-6-4-3-5-13(14)16(17)21/h3-6,11-12H,7-10H2,1-2H3,(H2,17,21). The molecule has 4 nitrogen and oxygen atoms in total. The molecule has 114 valence electrons. The predicted molar refractivity (Wildman–Crippen MR) is 87.4 cm³/mol. The van der Waals surface area contributed by atoms with Gasteiger partial charge in [-0.25, -0.2) is 0 Å². The minimum absolute atomic E-state index is 0.0306. The first-order valence-electron chi connectivity index (χ1n) is 7.30. The summed E-state index contributed by atoms with van der Waals surface area (Å²) in [6.07, 6.45) is 2.20. The fourth-order valence-corrected chi connectivity index (χ4v) is 2.42. The van der Waals surface area contributed by atoms with E-state index in [-0.39, 0.29) is 17.5 Å². The van der Waals surface area contributed by atoms with Gasteiger partial charge in [-0.1, -0.05) is 38.2 Å². The summed E-state index contributed by atoms with van der Waals surface area (Å²) >= 11 is 4.99. The fraction of sp³-hybridized carbons (Fsp3) is 0.500. The number of hydrogen-bond acceptors (Lipinski definition) is 3. The van der Waals surface area contributed by atoms with Crippen molar-refractivity contribution in [3.63, 3.8) is 0 Å². The molecule has 1 aliphatic rings. The maximum atomic E-state index is 12.4. The summed E-state index contributed by atoms with van der Waals surface area (Å²) < 4.78 is 5.64. The van der Waals surface area contributed by atoms with Crippen molar-refractivity contribution in [2.75, 3.05) is 13.2 Å². The molecule has 0 atom stereocenters. The number of benzene rings is 1. The monoisotopic (exact) mass is 306 g/mol. The molecule has 0 bridgehead atoms. The number of hydrogen-bond donors (Lipinski definition) is 1. The van der Waals surface area contributed by atoms with Gasteiger partial charge >= 0.3 is 0 Å². The molecule has 1 fully saturated rings. The highest BCUT2D eigenvalue weighted by Crippen LogP contribution is 2.28. The van der Waals surface area contributed by atoms with E-state index in [1.807, 2.05) is 17.0 Å². The number of rotatable bonds is 7. The number of thiocarbonyl (C=S) groups is 1. The lowest BCUT2D eigenvalue weighted by atomic mass is 10.2. The summed E-state index contributed by atoms with van der Waals surface area (Å²) in [6.45, 7) is 5.05. The molecule has 2 N–H and O–H groups in total. The number of nitrogens with two attached hydrogens (primary N) is 1. The topological polar surface area (TPSA) is 55.6 Å². The Labute approximate surface area is 131 Å². The Hall–Kier alpha value is -1.62. The average molecular weight is 306 g/mol. The van der Waals surface area contributed by atoms with Crippen LogP contribution in [0, 0.1) is 5.92 Å². The van der Waals surface area contributed by atoms with E-state index in [9.17, 15) is 4.79 Å².